The van der Waals surface area contributed by atoms with Crippen molar-refractivity contribution in [3.8, 4) is 11.5 Å². The summed E-state index contributed by atoms with van der Waals surface area (Å²) >= 11 is 6.10. The molecule has 7 heteroatoms. The fourth-order valence-electron chi connectivity index (χ4n) is 2.60. The fourth-order valence-corrected chi connectivity index (χ4v) is 2.87. The lowest BCUT2D eigenvalue weighted by atomic mass is 10.1. The molecule has 128 valence electrons. The molecule has 2 aromatic carbocycles. The second-order valence-electron chi connectivity index (χ2n) is 5.16. The normalized spacial score (nSPS) is 14.3. The molecule has 0 unspecified atom stereocenters. The molecule has 0 spiro atoms. The molecule has 0 fully saturated rings. The minimum atomic E-state index is -0.776. The highest BCUT2D eigenvalue weighted by molar-refractivity contribution is 6.60. The van der Waals surface area contributed by atoms with Crippen LogP contribution < -0.4 is 14.4 Å². The Bertz CT molecular complexity index is 910. The number of carbonyl (C=O) groups excluding carboxylic acids is 2. The van der Waals surface area contributed by atoms with Gasteiger partial charge in [0.25, 0.3) is 11.8 Å². The number of hydrogen-bond donors (Lipinski definition) is 0. The summed E-state index contributed by atoms with van der Waals surface area (Å²) in [6.45, 7) is 0. The van der Waals surface area contributed by atoms with Gasteiger partial charge in [-0.25, -0.2) is 9.29 Å². The molecule has 25 heavy (non-hydrogen) atoms. The lowest BCUT2D eigenvalue weighted by Crippen LogP contribution is -2.31. The van der Waals surface area contributed by atoms with Crippen molar-refractivity contribution >= 4 is 34.7 Å². The molecule has 5 nitrogen and oxygen atoms in total. The zero-order chi connectivity index (χ0) is 18.1. The molecule has 2 amide bonds. The molecular formula is C18H13ClFNO4. The summed E-state index contributed by atoms with van der Waals surface area (Å²) in [4.78, 5) is 25.9. The van der Waals surface area contributed by atoms with E-state index in [1.165, 1.54) is 38.5 Å². The summed E-state index contributed by atoms with van der Waals surface area (Å²) in [5, 5.41) is -0.277. The van der Waals surface area contributed by atoms with Crippen molar-refractivity contribution < 1.29 is 23.5 Å². The van der Waals surface area contributed by atoms with Gasteiger partial charge in [0, 0.05) is 0 Å². The molecule has 0 aliphatic carbocycles. The van der Waals surface area contributed by atoms with E-state index in [1.807, 2.05) is 0 Å². The summed E-state index contributed by atoms with van der Waals surface area (Å²) in [5.41, 5.74) is 0.210. The molecule has 0 radical (unpaired) electrons. The van der Waals surface area contributed by atoms with Gasteiger partial charge in [0.2, 0.25) is 0 Å². The molecule has 0 N–H and O–H groups in total. The zero-order valence-electron chi connectivity index (χ0n) is 13.4. The first-order valence-electron chi connectivity index (χ1n) is 7.25. The average Bonchev–Trinajstić information content (AvgIpc) is 2.84. The van der Waals surface area contributed by atoms with Crippen LogP contribution in [0.4, 0.5) is 10.1 Å². The number of amides is 2. The number of nitrogens with zero attached hydrogens (tertiary/aromatic N) is 1. The second kappa shape index (κ2) is 6.57. The van der Waals surface area contributed by atoms with Gasteiger partial charge in [-0.05, 0) is 29.8 Å². The third-order valence-electron chi connectivity index (χ3n) is 3.79. The Balaban J connectivity index is 2.08. The lowest BCUT2D eigenvalue weighted by molar-refractivity contribution is -0.119. The van der Waals surface area contributed by atoms with E-state index in [0.717, 1.165) is 11.0 Å². The quantitative estimate of drug-likeness (QED) is 0.783. The topological polar surface area (TPSA) is 55.8 Å². The molecular weight excluding hydrogens is 349 g/mol. The van der Waals surface area contributed by atoms with Gasteiger partial charge < -0.3 is 9.47 Å². The van der Waals surface area contributed by atoms with Crippen LogP contribution in [-0.4, -0.2) is 26.0 Å². The van der Waals surface area contributed by atoms with E-state index < -0.39 is 17.6 Å². The third kappa shape index (κ3) is 2.74. The first-order valence-corrected chi connectivity index (χ1v) is 7.63. The van der Waals surface area contributed by atoms with E-state index in [2.05, 4.69) is 0 Å². The molecule has 0 bridgehead atoms. The number of hydrogen-bond acceptors (Lipinski definition) is 4. The van der Waals surface area contributed by atoms with Crippen molar-refractivity contribution in [1.82, 2.24) is 0 Å². The van der Waals surface area contributed by atoms with E-state index in [9.17, 15) is 14.0 Å². The Hall–Kier alpha value is -2.86. The van der Waals surface area contributed by atoms with Crippen LogP contribution >= 0.6 is 11.6 Å². The number of halogens is 2. The highest BCUT2D eigenvalue weighted by atomic mass is 35.5. The van der Waals surface area contributed by atoms with Crippen molar-refractivity contribution in [2.24, 2.45) is 0 Å². The van der Waals surface area contributed by atoms with Crippen LogP contribution in [0.3, 0.4) is 0 Å². The average molecular weight is 362 g/mol. The number of benzene rings is 2. The molecule has 1 heterocycles. The number of imide groups is 1. The smallest absolute Gasteiger partial charge is 0.277 e. The maximum absolute atomic E-state index is 14.0. The molecule has 0 saturated carbocycles. The summed E-state index contributed by atoms with van der Waals surface area (Å²) in [6.07, 6.45) is 0. The van der Waals surface area contributed by atoms with E-state index in [0.29, 0.717) is 17.1 Å². The van der Waals surface area contributed by atoms with Gasteiger partial charge in [-0.15, -0.1) is 0 Å². The van der Waals surface area contributed by atoms with Crippen LogP contribution in [0.25, 0.3) is 5.57 Å². The SMILES string of the molecule is COc1ccc(C2=C(Cl)C(=O)N(c3ccccc3F)C2=O)cc1OC. The summed E-state index contributed by atoms with van der Waals surface area (Å²) in [6, 6.07) is 10.2. The second-order valence-corrected chi connectivity index (χ2v) is 5.53. The van der Waals surface area contributed by atoms with Gasteiger partial charge in [0.15, 0.2) is 11.5 Å². The van der Waals surface area contributed by atoms with Crippen LogP contribution in [0, 0.1) is 5.82 Å². The summed E-state index contributed by atoms with van der Waals surface area (Å²) in [5.74, 6) is -1.33. The summed E-state index contributed by atoms with van der Waals surface area (Å²) in [7, 11) is 2.93. The number of anilines is 1. The van der Waals surface area contributed by atoms with Crippen molar-refractivity contribution in [2.75, 3.05) is 19.1 Å². The van der Waals surface area contributed by atoms with Gasteiger partial charge >= 0.3 is 0 Å². The Morgan fingerprint density at radius 2 is 1.64 bits per heavy atom. The first kappa shape index (κ1) is 17.0. The monoisotopic (exact) mass is 361 g/mol. The first-order chi connectivity index (χ1) is 12.0. The van der Waals surface area contributed by atoms with Gasteiger partial charge in [0.1, 0.15) is 10.8 Å². The van der Waals surface area contributed by atoms with Crippen LogP contribution in [-0.2, 0) is 9.59 Å². The van der Waals surface area contributed by atoms with Crippen LogP contribution in [0.5, 0.6) is 11.5 Å². The van der Waals surface area contributed by atoms with Crippen LogP contribution in [0.15, 0.2) is 47.5 Å². The lowest BCUT2D eigenvalue weighted by Gasteiger charge is -2.15. The molecule has 0 atom stereocenters. The van der Waals surface area contributed by atoms with Crippen molar-refractivity contribution in [1.29, 1.82) is 0 Å². The van der Waals surface area contributed by atoms with Gasteiger partial charge in [-0.3, -0.25) is 9.59 Å². The maximum atomic E-state index is 14.0. The van der Waals surface area contributed by atoms with E-state index in [1.54, 1.807) is 12.1 Å². The highest BCUT2D eigenvalue weighted by Gasteiger charge is 2.40. The largest absolute Gasteiger partial charge is 0.493 e. The van der Waals surface area contributed by atoms with E-state index >= 15 is 0 Å². The molecule has 2 aromatic rings. The number of ether oxygens (including phenoxy) is 2. The van der Waals surface area contributed by atoms with Gasteiger partial charge in [-0.1, -0.05) is 29.8 Å². The Kier molecular flexibility index (Phi) is 4.46. The molecule has 0 saturated heterocycles. The predicted octanol–water partition coefficient (Wildman–Crippen LogP) is 3.37. The zero-order valence-corrected chi connectivity index (χ0v) is 14.1. The molecule has 3 rings (SSSR count). The fraction of sp³-hybridized carbons (Fsp3) is 0.111. The molecule has 0 aromatic heterocycles. The third-order valence-corrected chi connectivity index (χ3v) is 4.14. The standard InChI is InChI=1S/C18H13ClFNO4/c1-24-13-8-7-10(9-14(13)25-2)15-16(19)18(23)21(17(15)22)12-6-4-3-5-11(12)20/h3-9H,1-2H3. The van der Waals surface area contributed by atoms with Crippen molar-refractivity contribution in [2.45, 2.75) is 0 Å². The Morgan fingerprint density at radius 3 is 2.28 bits per heavy atom. The highest BCUT2D eigenvalue weighted by Crippen LogP contribution is 2.38. The molecule has 1 aliphatic heterocycles. The van der Waals surface area contributed by atoms with Crippen LogP contribution in [0.1, 0.15) is 5.56 Å². The number of rotatable bonds is 4. The number of para-hydroxylation sites is 1. The Labute approximate surface area is 148 Å². The minimum absolute atomic E-state index is 0.0177. The Morgan fingerprint density at radius 1 is 0.960 bits per heavy atom. The number of methoxy groups -OCH3 is 2. The van der Waals surface area contributed by atoms with Crippen LogP contribution in [0.2, 0.25) is 0 Å². The van der Waals surface area contributed by atoms with E-state index in [-0.39, 0.29) is 16.3 Å². The predicted molar refractivity (Wildman–Crippen MR) is 91.2 cm³/mol. The van der Waals surface area contributed by atoms with E-state index in [4.69, 9.17) is 21.1 Å². The van der Waals surface area contributed by atoms with Gasteiger partial charge in [0.05, 0.1) is 25.5 Å². The molecule has 1 aliphatic rings. The van der Waals surface area contributed by atoms with Crippen molar-refractivity contribution in [3.63, 3.8) is 0 Å². The van der Waals surface area contributed by atoms with Gasteiger partial charge in [-0.2, -0.15) is 0 Å². The minimum Gasteiger partial charge on any atom is -0.493 e. The number of carbonyl (C=O) groups is 2. The van der Waals surface area contributed by atoms with Crippen molar-refractivity contribution in [3.05, 3.63) is 58.9 Å². The maximum Gasteiger partial charge on any atom is 0.277 e. The summed E-state index contributed by atoms with van der Waals surface area (Å²) < 4.78 is 24.4.